The molecule has 4 rings (SSSR count). The highest BCUT2D eigenvalue weighted by molar-refractivity contribution is 5.95. The summed E-state index contributed by atoms with van der Waals surface area (Å²) in [5, 5.41) is 15.4. The summed E-state index contributed by atoms with van der Waals surface area (Å²) in [4.78, 5) is 33.7. The summed E-state index contributed by atoms with van der Waals surface area (Å²) < 4.78 is 0. The number of carbonyl (C=O) groups is 2. The number of benzene rings is 2. The summed E-state index contributed by atoms with van der Waals surface area (Å²) >= 11 is 0. The number of nitriles is 1. The first-order valence-electron chi connectivity index (χ1n) is 12.4. The van der Waals surface area contributed by atoms with E-state index in [-0.39, 0.29) is 23.8 Å². The number of anilines is 2. The van der Waals surface area contributed by atoms with Crippen molar-refractivity contribution in [1.29, 1.82) is 5.26 Å². The van der Waals surface area contributed by atoms with Crippen LogP contribution in [-0.2, 0) is 9.59 Å². The molecular formula is C29H32N6O2. The number of pyridine rings is 1. The van der Waals surface area contributed by atoms with Gasteiger partial charge in [0.05, 0.1) is 30.1 Å². The minimum absolute atomic E-state index is 0.0718. The van der Waals surface area contributed by atoms with Gasteiger partial charge in [0.1, 0.15) is 11.9 Å². The topological polar surface area (TPSA) is 101 Å². The Morgan fingerprint density at radius 1 is 1.11 bits per heavy atom. The Morgan fingerprint density at radius 3 is 2.49 bits per heavy atom. The highest BCUT2D eigenvalue weighted by atomic mass is 16.2. The van der Waals surface area contributed by atoms with Crippen LogP contribution in [0.15, 0.2) is 72.9 Å². The molecule has 3 atom stereocenters. The lowest BCUT2D eigenvalue weighted by Crippen LogP contribution is -2.53. The number of piperazine rings is 1. The van der Waals surface area contributed by atoms with Crippen molar-refractivity contribution in [3.05, 3.63) is 89.6 Å². The smallest absolute Gasteiger partial charge is 0.247 e. The zero-order valence-corrected chi connectivity index (χ0v) is 21.4. The van der Waals surface area contributed by atoms with Gasteiger partial charge in [-0.15, -0.1) is 0 Å². The van der Waals surface area contributed by atoms with Gasteiger partial charge in [-0.3, -0.25) is 9.59 Å². The molecule has 1 fully saturated rings. The fraction of sp³-hybridized carbons (Fsp3) is 0.310. The van der Waals surface area contributed by atoms with Crippen molar-refractivity contribution in [1.82, 2.24) is 15.2 Å². The van der Waals surface area contributed by atoms with Crippen LogP contribution in [0.1, 0.15) is 42.5 Å². The van der Waals surface area contributed by atoms with E-state index in [2.05, 4.69) is 35.5 Å². The SMILES string of the molecule is CC(CN[C@H](C(=O)Nc1ccc(N2CC(=O)N(C)CC2C)cn1)c1ccccc1)c1ccc(C#N)cc1. The van der Waals surface area contributed by atoms with Crippen LogP contribution in [0, 0.1) is 11.3 Å². The number of rotatable bonds is 8. The van der Waals surface area contributed by atoms with Gasteiger partial charge >= 0.3 is 0 Å². The molecule has 1 aromatic heterocycles. The molecule has 2 aromatic carbocycles. The van der Waals surface area contributed by atoms with Crippen LogP contribution in [0.5, 0.6) is 0 Å². The molecule has 2 amide bonds. The van der Waals surface area contributed by atoms with E-state index >= 15 is 0 Å². The minimum Gasteiger partial charge on any atom is -0.356 e. The lowest BCUT2D eigenvalue weighted by atomic mass is 9.98. The maximum atomic E-state index is 13.4. The lowest BCUT2D eigenvalue weighted by Gasteiger charge is -2.39. The quantitative estimate of drug-likeness (QED) is 0.493. The first-order valence-corrected chi connectivity index (χ1v) is 12.4. The Balaban J connectivity index is 1.44. The van der Waals surface area contributed by atoms with Crippen LogP contribution in [0.2, 0.25) is 0 Å². The molecule has 0 radical (unpaired) electrons. The van der Waals surface area contributed by atoms with Crippen LogP contribution >= 0.6 is 0 Å². The predicted molar refractivity (Wildman–Crippen MR) is 144 cm³/mol. The van der Waals surface area contributed by atoms with Crippen LogP contribution in [0.4, 0.5) is 11.5 Å². The predicted octanol–water partition coefficient (Wildman–Crippen LogP) is 3.69. The van der Waals surface area contributed by atoms with E-state index in [0.717, 1.165) is 16.8 Å². The normalized spacial score (nSPS) is 17.1. The molecule has 8 nitrogen and oxygen atoms in total. The van der Waals surface area contributed by atoms with E-state index < -0.39 is 6.04 Å². The standard InChI is InChI=1S/C29H32N6O2/c1-20(23-11-9-22(15-30)10-12-23)16-32-28(24-7-5-4-6-8-24)29(37)33-26-14-13-25(17-31-26)35-19-27(36)34(3)18-21(35)2/h4-14,17,20-21,28,32H,16,18-19H2,1-3H3,(H,31,33,37)/t20?,21?,28-/m0/s1. The Kier molecular flexibility index (Phi) is 8.16. The van der Waals surface area contributed by atoms with Gasteiger partial charge in [0.25, 0.3) is 0 Å². The van der Waals surface area contributed by atoms with Gasteiger partial charge in [-0.25, -0.2) is 4.98 Å². The second kappa shape index (κ2) is 11.7. The number of amides is 2. The Bertz CT molecular complexity index is 1250. The van der Waals surface area contributed by atoms with Crippen LogP contribution in [0.3, 0.4) is 0 Å². The van der Waals surface area contributed by atoms with Gasteiger partial charge in [0, 0.05) is 26.2 Å². The minimum atomic E-state index is -0.571. The summed E-state index contributed by atoms with van der Waals surface area (Å²) in [5.41, 5.74) is 3.42. The summed E-state index contributed by atoms with van der Waals surface area (Å²) in [6.07, 6.45) is 1.70. The number of hydrogen-bond acceptors (Lipinski definition) is 6. The van der Waals surface area contributed by atoms with E-state index in [1.54, 1.807) is 29.3 Å². The summed E-state index contributed by atoms with van der Waals surface area (Å²) in [7, 11) is 1.81. The number of nitrogens with zero attached hydrogens (tertiary/aromatic N) is 4. The van der Waals surface area contributed by atoms with Gasteiger partial charge in [-0.2, -0.15) is 5.26 Å². The Hall–Kier alpha value is -4.22. The first-order chi connectivity index (χ1) is 17.9. The molecule has 3 aromatic rings. The molecule has 0 aliphatic carbocycles. The molecule has 0 spiro atoms. The molecular weight excluding hydrogens is 464 g/mol. The van der Waals surface area contributed by atoms with E-state index in [9.17, 15) is 9.59 Å². The molecule has 2 N–H and O–H groups in total. The number of aromatic nitrogens is 1. The third-order valence-corrected chi connectivity index (χ3v) is 6.76. The van der Waals surface area contributed by atoms with Gasteiger partial charge in [0.2, 0.25) is 11.8 Å². The fourth-order valence-electron chi connectivity index (χ4n) is 4.50. The molecule has 2 unspecified atom stereocenters. The summed E-state index contributed by atoms with van der Waals surface area (Å²) in [6, 6.07) is 22.5. The molecule has 1 aliphatic heterocycles. The molecule has 0 bridgehead atoms. The van der Waals surface area contributed by atoms with E-state index in [1.807, 2.05) is 60.5 Å². The van der Waals surface area contributed by atoms with Crippen molar-refractivity contribution in [2.75, 3.05) is 36.9 Å². The summed E-state index contributed by atoms with van der Waals surface area (Å²) in [5.74, 6) is 0.450. The molecule has 190 valence electrons. The third-order valence-electron chi connectivity index (χ3n) is 6.76. The van der Waals surface area contributed by atoms with Gasteiger partial charge < -0.3 is 20.4 Å². The number of hydrogen-bond donors (Lipinski definition) is 2. The van der Waals surface area contributed by atoms with Crippen LogP contribution in [0.25, 0.3) is 0 Å². The Morgan fingerprint density at radius 2 is 1.84 bits per heavy atom. The molecule has 8 heteroatoms. The molecule has 1 aliphatic rings. The van der Waals surface area contributed by atoms with Crippen molar-refractivity contribution < 1.29 is 9.59 Å². The van der Waals surface area contributed by atoms with Gasteiger partial charge in [-0.05, 0) is 48.2 Å². The van der Waals surface area contributed by atoms with Crippen LogP contribution < -0.4 is 15.5 Å². The zero-order valence-electron chi connectivity index (χ0n) is 21.4. The molecule has 0 saturated carbocycles. The average molecular weight is 497 g/mol. The highest BCUT2D eigenvalue weighted by Crippen LogP contribution is 2.23. The molecule has 1 saturated heterocycles. The second-order valence-corrected chi connectivity index (χ2v) is 9.53. The largest absolute Gasteiger partial charge is 0.356 e. The molecule has 2 heterocycles. The van der Waals surface area contributed by atoms with E-state index in [0.29, 0.717) is 31.0 Å². The molecule has 37 heavy (non-hydrogen) atoms. The van der Waals surface area contributed by atoms with Crippen molar-refractivity contribution in [3.63, 3.8) is 0 Å². The average Bonchev–Trinajstić information content (AvgIpc) is 2.92. The van der Waals surface area contributed by atoms with Crippen molar-refractivity contribution in [2.24, 2.45) is 0 Å². The van der Waals surface area contributed by atoms with Crippen molar-refractivity contribution in [3.8, 4) is 6.07 Å². The number of likely N-dealkylation sites (N-methyl/N-ethyl adjacent to an activating group) is 1. The van der Waals surface area contributed by atoms with E-state index in [4.69, 9.17) is 5.26 Å². The maximum Gasteiger partial charge on any atom is 0.247 e. The van der Waals surface area contributed by atoms with Gasteiger partial charge in [-0.1, -0.05) is 49.4 Å². The zero-order chi connectivity index (χ0) is 26.4. The number of carbonyl (C=O) groups excluding carboxylic acids is 2. The number of nitrogens with one attached hydrogen (secondary N) is 2. The van der Waals surface area contributed by atoms with Crippen molar-refractivity contribution >= 4 is 23.3 Å². The van der Waals surface area contributed by atoms with E-state index in [1.165, 1.54) is 0 Å². The fourth-order valence-corrected chi connectivity index (χ4v) is 4.50. The third kappa shape index (κ3) is 6.32. The summed E-state index contributed by atoms with van der Waals surface area (Å²) in [6.45, 7) is 5.69. The van der Waals surface area contributed by atoms with Gasteiger partial charge in [0.15, 0.2) is 0 Å². The maximum absolute atomic E-state index is 13.4. The van der Waals surface area contributed by atoms with Crippen LogP contribution in [-0.4, -0.2) is 54.4 Å². The Labute approximate surface area is 217 Å². The lowest BCUT2D eigenvalue weighted by molar-refractivity contribution is -0.130. The van der Waals surface area contributed by atoms with Crippen molar-refractivity contribution in [2.45, 2.75) is 31.8 Å². The highest BCUT2D eigenvalue weighted by Gasteiger charge is 2.27. The monoisotopic (exact) mass is 496 g/mol. The first kappa shape index (κ1) is 25.9. The second-order valence-electron chi connectivity index (χ2n) is 9.53.